The number of nitrogens with zero attached hydrogens (tertiary/aromatic N) is 1. The highest BCUT2D eigenvalue weighted by Gasteiger charge is 2.23. The molecule has 1 atom stereocenters. The van der Waals surface area contributed by atoms with Gasteiger partial charge in [0.1, 0.15) is 17.0 Å². The molecule has 25 heavy (non-hydrogen) atoms. The maximum Gasteiger partial charge on any atom is 0.257 e. The zero-order valence-electron chi connectivity index (χ0n) is 13.7. The molecule has 1 amide bonds. The first-order chi connectivity index (χ1) is 12.0. The van der Waals surface area contributed by atoms with Gasteiger partial charge >= 0.3 is 0 Å². The summed E-state index contributed by atoms with van der Waals surface area (Å²) in [6.07, 6.45) is 0. The van der Waals surface area contributed by atoms with Gasteiger partial charge in [0.15, 0.2) is 0 Å². The molecule has 4 nitrogen and oxygen atoms in total. The minimum Gasteiger partial charge on any atom is -0.360 e. The largest absolute Gasteiger partial charge is 0.360 e. The van der Waals surface area contributed by atoms with Crippen LogP contribution < -0.4 is 5.32 Å². The molecule has 128 valence electrons. The number of hydrogen-bond acceptors (Lipinski definition) is 3. The van der Waals surface area contributed by atoms with Crippen molar-refractivity contribution >= 4 is 29.1 Å². The number of nitrogens with one attached hydrogen (secondary N) is 1. The van der Waals surface area contributed by atoms with Crippen LogP contribution in [0.2, 0.25) is 10.0 Å². The molecular formula is C19H16Cl2N2O2. The molecule has 0 spiro atoms. The number of rotatable bonds is 4. The van der Waals surface area contributed by atoms with Gasteiger partial charge in [0.25, 0.3) is 5.91 Å². The van der Waals surface area contributed by atoms with Crippen LogP contribution in [0.25, 0.3) is 11.3 Å². The van der Waals surface area contributed by atoms with E-state index >= 15 is 0 Å². The molecule has 0 aliphatic rings. The van der Waals surface area contributed by atoms with Crippen molar-refractivity contribution in [1.29, 1.82) is 0 Å². The Morgan fingerprint density at radius 3 is 2.56 bits per heavy atom. The predicted molar refractivity (Wildman–Crippen MR) is 99.0 cm³/mol. The van der Waals surface area contributed by atoms with Crippen LogP contribution in [0.15, 0.2) is 53.1 Å². The van der Waals surface area contributed by atoms with Gasteiger partial charge in [0, 0.05) is 15.6 Å². The van der Waals surface area contributed by atoms with E-state index in [1.165, 1.54) is 0 Å². The molecular weight excluding hydrogens is 359 g/mol. The van der Waals surface area contributed by atoms with E-state index in [1.54, 1.807) is 25.1 Å². The standard InChI is InChI=1S/C19H16Cl2N2O2/c1-11(15-9-8-14(20)10-16(15)21)22-19(24)17-12(2)25-23-18(17)13-6-4-3-5-7-13/h3-11H,1-2H3,(H,22,24). The maximum absolute atomic E-state index is 12.8. The predicted octanol–water partition coefficient (Wildman–Crippen LogP) is 5.45. The van der Waals surface area contributed by atoms with Crippen molar-refractivity contribution in [2.45, 2.75) is 19.9 Å². The molecule has 0 aliphatic carbocycles. The highest BCUT2D eigenvalue weighted by Crippen LogP contribution is 2.28. The first-order valence-corrected chi connectivity index (χ1v) is 8.50. The summed E-state index contributed by atoms with van der Waals surface area (Å²) in [5, 5.41) is 8.04. The Morgan fingerprint density at radius 1 is 1.16 bits per heavy atom. The zero-order chi connectivity index (χ0) is 18.0. The minimum atomic E-state index is -0.296. The first kappa shape index (κ1) is 17.5. The average Bonchev–Trinajstić information content (AvgIpc) is 2.97. The summed E-state index contributed by atoms with van der Waals surface area (Å²) < 4.78 is 5.24. The monoisotopic (exact) mass is 374 g/mol. The van der Waals surface area contributed by atoms with E-state index in [2.05, 4.69) is 10.5 Å². The first-order valence-electron chi connectivity index (χ1n) is 7.75. The Hall–Kier alpha value is -2.30. The van der Waals surface area contributed by atoms with Crippen molar-refractivity contribution in [2.75, 3.05) is 0 Å². The van der Waals surface area contributed by atoms with Crippen LogP contribution in [-0.4, -0.2) is 11.1 Å². The second-order valence-corrected chi connectivity index (χ2v) is 6.53. The number of carbonyl (C=O) groups is 1. The Kier molecular flexibility index (Phi) is 5.11. The normalized spacial score (nSPS) is 12.0. The van der Waals surface area contributed by atoms with E-state index in [4.69, 9.17) is 27.7 Å². The van der Waals surface area contributed by atoms with Crippen LogP contribution in [-0.2, 0) is 0 Å². The summed E-state index contributed by atoms with van der Waals surface area (Å²) in [6, 6.07) is 14.3. The Balaban J connectivity index is 1.88. The zero-order valence-corrected chi connectivity index (χ0v) is 15.2. The van der Waals surface area contributed by atoms with Crippen molar-refractivity contribution in [2.24, 2.45) is 0 Å². The molecule has 6 heteroatoms. The van der Waals surface area contributed by atoms with Crippen LogP contribution in [0.3, 0.4) is 0 Å². The lowest BCUT2D eigenvalue weighted by Crippen LogP contribution is -2.27. The van der Waals surface area contributed by atoms with Gasteiger partial charge in [0.05, 0.1) is 6.04 Å². The van der Waals surface area contributed by atoms with Crippen molar-refractivity contribution < 1.29 is 9.32 Å². The lowest BCUT2D eigenvalue weighted by molar-refractivity contribution is 0.0939. The lowest BCUT2D eigenvalue weighted by atomic mass is 10.0. The van der Waals surface area contributed by atoms with Crippen molar-refractivity contribution in [1.82, 2.24) is 10.5 Å². The molecule has 3 rings (SSSR count). The highest BCUT2D eigenvalue weighted by atomic mass is 35.5. The fourth-order valence-corrected chi connectivity index (χ4v) is 3.20. The summed E-state index contributed by atoms with van der Waals surface area (Å²) in [5.41, 5.74) is 2.55. The average molecular weight is 375 g/mol. The summed E-state index contributed by atoms with van der Waals surface area (Å²) in [4.78, 5) is 12.8. The smallest absolute Gasteiger partial charge is 0.257 e. The van der Waals surface area contributed by atoms with Crippen molar-refractivity contribution in [3.8, 4) is 11.3 Å². The van der Waals surface area contributed by atoms with E-state index in [1.807, 2.05) is 37.3 Å². The van der Waals surface area contributed by atoms with Gasteiger partial charge in [0.2, 0.25) is 0 Å². The molecule has 1 heterocycles. The summed E-state index contributed by atoms with van der Waals surface area (Å²) in [6.45, 7) is 3.58. The number of aryl methyl sites for hydroxylation is 1. The third-order valence-corrected chi connectivity index (χ3v) is 4.48. The SMILES string of the molecule is Cc1onc(-c2ccccc2)c1C(=O)NC(C)c1ccc(Cl)cc1Cl. The fraction of sp³-hybridized carbons (Fsp3) is 0.158. The Morgan fingerprint density at radius 2 is 1.88 bits per heavy atom. The molecule has 1 N–H and O–H groups in total. The summed E-state index contributed by atoms with van der Waals surface area (Å²) >= 11 is 12.2. The van der Waals surface area contributed by atoms with Crippen molar-refractivity contribution in [3.63, 3.8) is 0 Å². The molecule has 2 aromatic carbocycles. The van der Waals surface area contributed by atoms with Crippen LogP contribution >= 0.6 is 23.2 Å². The molecule has 0 saturated carbocycles. The fourth-order valence-electron chi connectivity index (χ4n) is 2.63. The molecule has 0 bridgehead atoms. The molecule has 3 aromatic rings. The highest BCUT2D eigenvalue weighted by molar-refractivity contribution is 6.35. The minimum absolute atomic E-state index is 0.267. The van der Waals surface area contributed by atoms with Gasteiger partial charge in [-0.1, -0.05) is 64.8 Å². The van der Waals surface area contributed by atoms with Crippen LogP contribution in [0.4, 0.5) is 0 Å². The summed E-state index contributed by atoms with van der Waals surface area (Å²) in [5.74, 6) is 0.196. The summed E-state index contributed by atoms with van der Waals surface area (Å²) in [7, 11) is 0. The molecule has 1 aromatic heterocycles. The molecule has 0 aliphatic heterocycles. The quantitative estimate of drug-likeness (QED) is 0.660. The Bertz CT molecular complexity index is 907. The van der Waals surface area contributed by atoms with Crippen molar-refractivity contribution in [3.05, 3.63) is 75.5 Å². The molecule has 1 unspecified atom stereocenters. The number of hydrogen-bond donors (Lipinski definition) is 1. The molecule has 0 saturated heterocycles. The van der Waals surface area contributed by atoms with Gasteiger partial charge in [-0.3, -0.25) is 4.79 Å². The molecule has 0 fully saturated rings. The van der Waals surface area contributed by atoms with E-state index in [0.717, 1.165) is 11.1 Å². The van der Waals surface area contributed by atoms with Gasteiger partial charge in [-0.2, -0.15) is 0 Å². The number of halogens is 2. The van der Waals surface area contributed by atoms with Gasteiger partial charge in [-0.25, -0.2) is 0 Å². The number of amides is 1. The topological polar surface area (TPSA) is 55.1 Å². The Labute approximate surface area is 155 Å². The number of carbonyl (C=O) groups excluding carboxylic acids is 1. The van der Waals surface area contributed by atoms with E-state index < -0.39 is 0 Å². The van der Waals surface area contributed by atoms with Gasteiger partial charge < -0.3 is 9.84 Å². The number of aromatic nitrogens is 1. The number of benzene rings is 2. The lowest BCUT2D eigenvalue weighted by Gasteiger charge is -2.16. The van der Waals surface area contributed by atoms with E-state index in [9.17, 15) is 4.79 Å². The maximum atomic E-state index is 12.8. The third kappa shape index (κ3) is 3.70. The second kappa shape index (κ2) is 7.30. The third-order valence-electron chi connectivity index (χ3n) is 3.91. The second-order valence-electron chi connectivity index (χ2n) is 5.69. The molecule has 0 radical (unpaired) electrons. The van der Waals surface area contributed by atoms with E-state index in [-0.39, 0.29) is 11.9 Å². The van der Waals surface area contributed by atoms with Crippen LogP contribution in [0.5, 0.6) is 0 Å². The van der Waals surface area contributed by atoms with Crippen LogP contribution in [0, 0.1) is 6.92 Å². The van der Waals surface area contributed by atoms with Gasteiger partial charge in [-0.05, 0) is 31.5 Å². The van der Waals surface area contributed by atoms with Gasteiger partial charge in [-0.15, -0.1) is 0 Å². The van der Waals surface area contributed by atoms with E-state index in [0.29, 0.717) is 27.1 Å². The van der Waals surface area contributed by atoms with Crippen LogP contribution in [0.1, 0.15) is 34.6 Å².